The Morgan fingerprint density at radius 2 is 0.641 bits per heavy atom. The van der Waals surface area contributed by atoms with Gasteiger partial charge in [0.25, 0.3) is 0 Å². The largest absolute Gasteiger partial charge is 0.309 e. The van der Waals surface area contributed by atoms with Crippen molar-refractivity contribution < 1.29 is 0 Å². The highest BCUT2D eigenvalue weighted by atomic mass is 15.0. The van der Waals surface area contributed by atoms with E-state index in [1.165, 1.54) is 121 Å². The van der Waals surface area contributed by atoms with Crippen LogP contribution >= 0.6 is 0 Å². The highest BCUT2D eigenvalue weighted by molar-refractivity contribution is 6.30. The van der Waals surface area contributed by atoms with Gasteiger partial charge >= 0.3 is 0 Å². The minimum atomic E-state index is 1.19. The minimum absolute atomic E-state index is 1.19. The molecule has 0 bridgehead atoms. The first-order valence-electron chi connectivity index (χ1n) is 22.2. The number of hydrogen-bond acceptors (Lipinski definition) is 0. The number of rotatable bonds is 4. The topological polar surface area (TPSA) is 9.86 Å². The number of fused-ring (bicyclic) bond motifs is 12. The Morgan fingerprint density at radius 3 is 1.16 bits per heavy atom. The van der Waals surface area contributed by atoms with Crippen molar-refractivity contribution in [2.75, 3.05) is 0 Å². The van der Waals surface area contributed by atoms with E-state index in [1.807, 2.05) is 0 Å². The fourth-order valence-electron chi connectivity index (χ4n) is 10.3. The summed E-state index contributed by atoms with van der Waals surface area (Å²) in [5.74, 6) is 0. The molecule has 0 amide bonds. The fourth-order valence-corrected chi connectivity index (χ4v) is 10.3. The van der Waals surface area contributed by atoms with Crippen LogP contribution in [-0.2, 0) is 0 Å². The van der Waals surface area contributed by atoms with Crippen LogP contribution in [0.1, 0.15) is 11.1 Å². The quantitative estimate of drug-likeness (QED) is 0.167. The van der Waals surface area contributed by atoms with Crippen LogP contribution in [0.4, 0.5) is 0 Å². The second-order valence-electron chi connectivity index (χ2n) is 17.0. The molecule has 0 aliphatic carbocycles. The van der Waals surface area contributed by atoms with Crippen LogP contribution in [0.5, 0.6) is 0 Å². The molecule has 0 N–H and O–H groups in total. The average molecular weight is 817 g/mol. The average Bonchev–Trinajstić information content (AvgIpc) is 3.87. The molecule has 302 valence electrons. The summed E-state index contributed by atoms with van der Waals surface area (Å²) < 4.78 is 4.86. The van der Waals surface area contributed by atoms with Gasteiger partial charge in [-0.2, -0.15) is 0 Å². The number of hydrogen-bond donors (Lipinski definition) is 0. The van der Waals surface area contributed by atoms with E-state index in [9.17, 15) is 0 Å². The van der Waals surface area contributed by atoms with E-state index in [4.69, 9.17) is 0 Å². The Labute approximate surface area is 372 Å². The molecule has 11 aromatic carbocycles. The zero-order valence-electron chi connectivity index (χ0n) is 35.8. The Kier molecular flexibility index (Phi) is 8.98. The number of para-hydroxylation sites is 2. The number of aryl methyl sites for hydroxylation is 2. The standard InChI is InChI=1S/C33H23N.C29H21N/c1-22-20-30-32(27-18-10-8-16-25(22)27)33-28-19-11-9-17-26(28)29(23-12-4-2-5-13-23)21-31(33)34(30)24-14-6-3-7-15-24;1-20-16-17-25-27(18-20)30(22-12-6-3-7-13-22)28-19-26(21-10-4-2-5-11-21)23-14-8-9-15-24(23)29(25)28/h2-21H,1H3;2-19H,1H3. The predicted molar refractivity (Wildman–Crippen MR) is 274 cm³/mol. The lowest BCUT2D eigenvalue weighted by Crippen LogP contribution is -1.94. The lowest BCUT2D eigenvalue weighted by atomic mass is 9.93. The van der Waals surface area contributed by atoms with Gasteiger partial charge in [0.15, 0.2) is 0 Å². The van der Waals surface area contributed by atoms with Gasteiger partial charge < -0.3 is 9.13 Å². The van der Waals surface area contributed by atoms with Gasteiger partial charge in [0, 0.05) is 32.9 Å². The van der Waals surface area contributed by atoms with Crippen molar-refractivity contribution in [2.24, 2.45) is 0 Å². The molecule has 0 spiro atoms. The normalized spacial score (nSPS) is 11.6. The molecule has 13 aromatic rings. The molecular formula is C62H44N2. The Hall–Kier alpha value is -8.20. The molecule has 0 unspecified atom stereocenters. The second kappa shape index (κ2) is 15.3. The molecule has 64 heavy (non-hydrogen) atoms. The molecule has 0 saturated heterocycles. The molecule has 0 atom stereocenters. The molecule has 2 nitrogen and oxygen atoms in total. The van der Waals surface area contributed by atoms with Crippen molar-refractivity contribution in [2.45, 2.75) is 13.8 Å². The number of aromatic nitrogens is 2. The minimum Gasteiger partial charge on any atom is -0.309 e. The van der Waals surface area contributed by atoms with Crippen LogP contribution in [0, 0.1) is 13.8 Å². The van der Waals surface area contributed by atoms with E-state index in [2.05, 4.69) is 254 Å². The third kappa shape index (κ3) is 6.02. The van der Waals surface area contributed by atoms with Crippen LogP contribution in [0.3, 0.4) is 0 Å². The third-order valence-electron chi connectivity index (χ3n) is 13.1. The van der Waals surface area contributed by atoms with Gasteiger partial charge in [-0.1, -0.05) is 182 Å². The van der Waals surface area contributed by atoms with Gasteiger partial charge in [0.05, 0.1) is 22.1 Å². The Bertz CT molecular complexity index is 3880. The van der Waals surface area contributed by atoms with Crippen LogP contribution in [0.15, 0.2) is 231 Å². The highest BCUT2D eigenvalue weighted by Gasteiger charge is 2.21. The summed E-state index contributed by atoms with van der Waals surface area (Å²) in [6.07, 6.45) is 0. The van der Waals surface area contributed by atoms with E-state index in [1.54, 1.807) is 0 Å². The summed E-state index contributed by atoms with van der Waals surface area (Å²) in [6.45, 7) is 4.39. The van der Waals surface area contributed by atoms with Gasteiger partial charge in [0.2, 0.25) is 0 Å². The predicted octanol–water partition coefficient (Wildman–Crippen LogP) is 17.0. The first-order chi connectivity index (χ1) is 31.6. The maximum Gasteiger partial charge on any atom is 0.0553 e. The monoisotopic (exact) mass is 816 g/mol. The van der Waals surface area contributed by atoms with Crippen molar-refractivity contribution in [3.8, 4) is 33.6 Å². The smallest absolute Gasteiger partial charge is 0.0553 e. The summed E-state index contributed by atoms with van der Waals surface area (Å²) in [5, 5.41) is 13.1. The lowest BCUT2D eigenvalue weighted by molar-refractivity contribution is 1.18. The molecule has 13 rings (SSSR count). The third-order valence-corrected chi connectivity index (χ3v) is 13.1. The molecule has 2 heterocycles. The van der Waals surface area contributed by atoms with Crippen LogP contribution in [0.2, 0.25) is 0 Å². The SMILES string of the molecule is Cc1cc2c(c3ccccc13)c1c3ccccc3c(-c3ccccc3)cc1n2-c1ccccc1.Cc1ccc2c3c4ccccc4c(-c4ccccc4)cc3n(-c3ccccc3)c2c1. The number of benzene rings is 11. The van der Waals surface area contributed by atoms with Crippen LogP contribution in [-0.4, -0.2) is 9.13 Å². The van der Waals surface area contributed by atoms with Crippen molar-refractivity contribution in [1.29, 1.82) is 0 Å². The maximum atomic E-state index is 2.45. The summed E-state index contributed by atoms with van der Waals surface area (Å²) >= 11 is 0. The van der Waals surface area contributed by atoms with Crippen molar-refractivity contribution >= 4 is 75.9 Å². The molecule has 2 aromatic heterocycles. The van der Waals surface area contributed by atoms with E-state index in [0.717, 1.165) is 0 Å². The molecule has 0 aliphatic heterocycles. The van der Waals surface area contributed by atoms with Crippen LogP contribution in [0.25, 0.3) is 110 Å². The summed E-state index contributed by atoms with van der Waals surface area (Å²) in [7, 11) is 0. The Balaban J connectivity index is 0.000000136. The number of nitrogens with zero attached hydrogens (tertiary/aromatic N) is 2. The van der Waals surface area contributed by atoms with E-state index < -0.39 is 0 Å². The maximum absolute atomic E-state index is 2.45. The first-order valence-corrected chi connectivity index (χ1v) is 22.2. The second-order valence-corrected chi connectivity index (χ2v) is 17.0. The lowest BCUT2D eigenvalue weighted by Gasteiger charge is -2.12. The molecule has 2 heteroatoms. The van der Waals surface area contributed by atoms with E-state index in [-0.39, 0.29) is 0 Å². The molecule has 0 aliphatic rings. The molecule has 0 saturated carbocycles. The van der Waals surface area contributed by atoms with Gasteiger partial charge in [-0.05, 0) is 128 Å². The van der Waals surface area contributed by atoms with E-state index >= 15 is 0 Å². The van der Waals surface area contributed by atoms with Crippen molar-refractivity contribution in [1.82, 2.24) is 9.13 Å². The van der Waals surface area contributed by atoms with Gasteiger partial charge in [-0.25, -0.2) is 0 Å². The summed E-state index contributed by atoms with van der Waals surface area (Å²) in [5.41, 5.74) is 15.0. The fraction of sp³-hybridized carbons (Fsp3) is 0.0323. The summed E-state index contributed by atoms with van der Waals surface area (Å²) in [6, 6.07) is 83.3. The van der Waals surface area contributed by atoms with Crippen molar-refractivity contribution in [3.63, 3.8) is 0 Å². The summed E-state index contributed by atoms with van der Waals surface area (Å²) in [4.78, 5) is 0. The van der Waals surface area contributed by atoms with Gasteiger partial charge in [0.1, 0.15) is 0 Å². The molecule has 0 fully saturated rings. The van der Waals surface area contributed by atoms with Crippen LogP contribution < -0.4 is 0 Å². The first kappa shape index (κ1) is 37.6. The van der Waals surface area contributed by atoms with Crippen molar-refractivity contribution in [3.05, 3.63) is 242 Å². The van der Waals surface area contributed by atoms with E-state index in [0.29, 0.717) is 0 Å². The van der Waals surface area contributed by atoms with Gasteiger partial charge in [-0.15, -0.1) is 0 Å². The molecule has 0 radical (unpaired) electrons. The Morgan fingerprint density at radius 1 is 0.266 bits per heavy atom. The van der Waals surface area contributed by atoms with Gasteiger partial charge in [-0.3, -0.25) is 0 Å². The molecular weight excluding hydrogens is 773 g/mol. The highest BCUT2D eigenvalue weighted by Crippen LogP contribution is 2.45. The zero-order chi connectivity index (χ0) is 42.7. The zero-order valence-corrected chi connectivity index (χ0v) is 35.8.